The highest BCUT2D eigenvalue weighted by Gasteiger charge is 2.39. The highest BCUT2D eigenvalue weighted by atomic mass is 19.4. The highest BCUT2D eigenvalue weighted by molar-refractivity contribution is 5.91. The Bertz CT molecular complexity index is 644. The monoisotopic (exact) mass is 343 g/mol. The van der Waals surface area contributed by atoms with Crippen molar-refractivity contribution in [3.8, 4) is 0 Å². The van der Waals surface area contributed by atoms with Crippen molar-refractivity contribution in [2.24, 2.45) is 0 Å². The van der Waals surface area contributed by atoms with Gasteiger partial charge in [-0.15, -0.1) is 0 Å². The van der Waals surface area contributed by atoms with E-state index >= 15 is 0 Å². The molecule has 0 bridgehead atoms. The second-order valence-electron chi connectivity index (χ2n) is 5.42. The maximum atomic E-state index is 12.7. The minimum atomic E-state index is -4.44. The van der Waals surface area contributed by atoms with E-state index in [4.69, 9.17) is 9.84 Å². The first-order chi connectivity index (χ1) is 11.2. The summed E-state index contributed by atoms with van der Waals surface area (Å²) in [6, 6.07) is 3.69. The molecule has 1 N–H and O–H groups in total. The van der Waals surface area contributed by atoms with Crippen LogP contribution in [0.2, 0.25) is 0 Å². The maximum Gasteiger partial charge on any atom is 0.416 e. The topological polar surface area (TPSA) is 66.8 Å². The number of alkyl halides is 3. The van der Waals surface area contributed by atoms with E-state index in [-0.39, 0.29) is 19.6 Å². The summed E-state index contributed by atoms with van der Waals surface area (Å²) in [5.41, 5.74) is -0.452. The van der Waals surface area contributed by atoms with Gasteiger partial charge >= 0.3 is 12.1 Å². The molecule has 1 amide bonds. The molecule has 0 unspecified atom stereocenters. The first-order valence-electron chi connectivity index (χ1n) is 7.16. The zero-order chi connectivity index (χ0) is 17.9. The molecule has 0 aliphatic carbocycles. The van der Waals surface area contributed by atoms with Crippen LogP contribution in [0.3, 0.4) is 0 Å². The van der Waals surface area contributed by atoms with E-state index in [9.17, 15) is 22.8 Å². The van der Waals surface area contributed by atoms with Crippen LogP contribution in [-0.2, 0) is 27.1 Å². The summed E-state index contributed by atoms with van der Waals surface area (Å²) in [4.78, 5) is 24.0. The molecule has 0 spiro atoms. The van der Waals surface area contributed by atoms with Crippen LogP contribution in [0.5, 0.6) is 0 Å². The average molecular weight is 343 g/mol. The first kappa shape index (κ1) is 18.0. The van der Waals surface area contributed by atoms with Crippen LogP contribution in [0.1, 0.15) is 17.5 Å². The van der Waals surface area contributed by atoms with Gasteiger partial charge < -0.3 is 14.7 Å². The van der Waals surface area contributed by atoms with E-state index in [1.54, 1.807) is 0 Å². The standard InChI is InChI=1S/C16H16F3NO4/c1-2-14(21)20-8-12(7-13(20)15(22)23)24-9-10-4-3-5-11(6-10)16(17,18)19/h2-6,12-13H,1,7-9H2,(H,22,23)/t12-,13+/m0/s1. The second kappa shape index (κ2) is 7.04. The largest absolute Gasteiger partial charge is 0.480 e. The van der Waals surface area contributed by atoms with Crippen molar-refractivity contribution in [2.75, 3.05) is 6.54 Å². The van der Waals surface area contributed by atoms with Gasteiger partial charge in [0.1, 0.15) is 6.04 Å². The Balaban J connectivity index is 2.01. The quantitative estimate of drug-likeness (QED) is 0.834. The fraction of sp³-hybridized carbons (Fsp3) is 0.375. The van der Waals surface area contributed by atoms with Crippen LogP contribution in [0.4, 0.5) is 13.2 Å². The molecule has 2 rings (SSSR count). The van der Waals surface area contributed by atoms with Gasteiger partial charge in [0.05, 0.1) is 18.3 Å². The Hall–Kier alpha value is -2.35. The van der Waals surface area contributed by atoms with Crippen LogP contribution in [-0.4, -0.2) is 40.6 Å². The molecule has 1 heterocycles. The summed E-state index contributed by atoms with van der Waals surface area (Å²) in [6.07, 6.45) is -3.91. The minimum absolute atomic E-state index is 0.0563. The molecule has 5 nitrogen and oxygen atoms in total. The molecule has 1 saturated heterocycles. The van der Waals surface area contributed by atoms with E-state index in [2.05, 4.69) is 6.58 Å². The lowest BCUT2D eigenvalue weighted by Gasteiger charge is -2.19. The Morgan fingerprint density at radius 1 is 1.42 bits per heavy atom. The molecule has 0 saturated carbocycles. The lowest BCUT2D eigenvalue weighted by atomic mass is 10.1. The lowest BCUT2D eigenvalue weighted by molar-refractivity contribution is -0.146. The van der Waals surface area contributed by atoms with Crippen LogP contribution in [0.15, 0.2) is 36.9 Å². The van der Waals surface area contributed by atoms with E-state index < -0.39 is 35.8 Å². The van der Waals surface area contributed by atoms with Crippen LogP contribution < -0.4 is 0 Å². The third-order valence-corrected chi connectivity index (χ3v) is 3.75. The van der Waals surface area contributed by atoms with Gasteiger partial charge in [-0.3, -0.25) is 4.79 Å². The number of benzene rings is 1. The van der Waals surface area contributed by atoms with Gasteiger partial charge in [-0.25, -0.2) is 4.79 Å². The zero-order valence-electron chi connectivity index (χ0n) is 12.6. The van der Waals surface area contributed by atoms with Crippen molar-refractivity contribution in [1.82, 2.24) is 4.90 Å². The SMILES string of the molecule is C=CC(=O)N1C[C@@H](OCc2cccc(C(F)(F)F)c2)C[C@@H]1C(=O)O. The molecule has 1 aromatic rings. The molecular formula is C16H16F3NO4. The third-order valence-electron chi connectivity index (χ3n) is 3.75. The fourth-order valence-corrected chi connectivity index (χ4v) is 2.56. The summed E-state index contributed by atoms with van der Waals surface area (Å²) in [6.45, 7) is 3.27. The molecule has 1 aliphatic heterocycles. The number of aliphatic carboxylic acids is 1. The molecule has 0 aromatic heterocycles. The Kier molecular flexibility index (Phi) is 5.28. The van der Waals surface area contributed by atoms with Gasteiger partial charge in [-0.05, 0) is 23.8 Å². The van der Waals surface area contributed by atoms with Crippen molar-refractivity contribution < 1.29 is 32.6 Å². The van der Waals surface area contributed by atoms with Crippen molar-refractivity contribution >= 4 is 11.9 Å². The average Bonchev–Trinajstić information content (AvgIpc) is 2.96. The Labute approximate surface area is 136 Å². The number of rotatable bonds is 5. The maximum absolute atomic E-state index is 12.7. The van der Waals surface area contributed by atoms with Gasteiger partial charge in [-0.2, -0.15) is 13.2 Å². The number of carbonyl (C=O) groups is 2. The summed E-state index contributed by atoms with van der Waals surface area (Å²) in [7, 11) is 0. The van der Waals surface area contributed by atoms with Crippen molar-refractivity contribution in [3.63, 3.8) is 0 Å². The Morgan fingerprint density at radius 2 is 2.12 bits per heavy atom. The number of hydrogen-bond donors (Lipinski definition) is 1. The molecule has 24 heavy (non-hydrogen) atoms. The van der Waals surface area contributed by atoms with Crippen molar-refractivity contribution in [1.29, 1.82) is 0 Å². The number of ether oxygens (including phenoxy) is 1. The fourth-order valence-electron chi connectivity index (χ4n) is 2.56. The lowest BCUT2D eigenvalue weighted by Crippen LogP contribution is -2.39. The van der Waals surface area contributed by atoms with Gasteiger partial charge in [0.2, 0.25) is 5.91 Å². The summed E-state index contributed by atoms with van der Waals surface area (Å²) in [5, 5.41) is 9.15. The number of hydrogen-bond acceptors (Lipinski definition) is 3. The summed E-state index contributed by atoms with van der Waals surface area (Å²) >= 11 is 0. The predicted molar refractivity (Wildman–Crippen MR) is 78.0 cm³/mol. The van der Waals surface area contributed by atoms with Gasteiger partial charge in [0.15, 0.2) is 0 Å². The molecule has 8 heteroatoms. The van der Waals surface area contributed by atoms with Crippen molar-refractivity contribution in [3.05, 3.63) is 48.0 Å². The zero-order valence-corrected chi connectivity index (χ0v) is 12.6. The number of halogens is 3. The molecule has 1 fully saturated rings. The van der Waals surface area contributed by atoms with Crippen LogP contribution >= 0.6 is 0 Å². The normalized spacial score (nSPS) is 20.9. The van der Waals surface area contributed by atoms with E-state index in [1.807, 2.05) is 0 Å². The predicted octanol–water partition coefficient (Wildman–Crippen LogP) is 2.46. The van der Waals surface area contributed by atoms with E-state index in [0.29, 0.717) is 5.56 Å². The van der Waals surface area contributed by atoms with Crippen LogP contribution in [0.25, 0.3) is 0 Å². The smallest absolute Gasteiger partial charge is 0.416 e. The van der Waals surface area contributed by atoms with E-state index in [1.165, 1.54) is 12.1 Å². The molecule has 130 valence electrons. The number of carboxylic acids is 1. The van der Waals surface area contributed by atoms with Gasteiger partial charge in [0.25, 0.3) is 0 Å². The summed E-state index contributed by atoms with van der Waals surface area (Å²) in [5.74, 6) is -1.68. The number of carboxylic acid groups (broad SMARTS) is 1. The Morgan fingerprint density at radius 3 is 2.71 bits per heavy atom. The number of amides is 1. The third kappa shape index (κ3) is 4.14. The molecule has 1 aliphatic rings. The first-order valence-corrected chi connectivity index (χ1v) is 7.16. The minimum Gasteiger partial charge on any atom is -0.480 e. The second-order valence-corrected chi connectivity index (χ2v) is 5.42. The molecule has 1 aromatic carbocycles. The summed E-state index contributed by atoms with van der Waals surface area (Å²) < 4.78 is 43.5. The number of carbonyl (C=O) groups excluding carboxylic acids is 1. The number of likely N-dealkylation sites (tertiary alicyclic amines) is 1. The number of nitrogens with zero attached hydrogens (tertiary/aromatic N) is 1. The molecule has 2 atom stereocenters. The van der Waals surface area contributed by atoms with Gasteiger partial charge in [-0.1, -0.05) is 18.7 Å². The van der Waals surface area contributed by atoms with Crippen LogP contribution in [0, 0.1) is 0 Å². The van der Waals surface area contributed by atoms with Crippen molar-refractivity contribution in [2.45, 2.75) is 31.3 Å². The van der Waals surface area contributed by atoms with E-state index in [0.717, 1.165) is 23.1 Å². The highest BCUT2D eigenvalue weighted by Crippen LogP contribution is 2.30. The molecule has 0 radical (unpaired) electrons. The molecular weight excluding hydrogens is 327 g/mol. The van der Waals surface area contributed by atoms with Gasteiger partial charge in [0, 0.05) is 13.0 Å².